The quantitative estimate of drug-likeness (QED) is 0.461. The van der Waals surface area contributed by atoms with E-state index >= 15 is 0 Å². The van der Waals surface area contributed by atoms with Crippen LogP contribution in [-0.4, -0.2) is 33.9 Å². The van der Waals surface area contributed by atoms with E-state index in [1.165, 1.54) is 11.1 Å². The Morgan fingerprint density at radius 2 is 2.21 bits per heavy atom. The van der Waals surface area contributed by atoms with Crippen molar-refractivity contribution in [2.45, 2.75) is 51.7 Å². The molecule has 0 radical (unpaired) electrons. The molecule has 2 aromatic carbocycles. The van der Waals surface area contributed by atoms with Crippen molar-refractivity contribution in [2.24, 2.45) is 0 Å². The van der Waals surface area contributed by atoms with Crippen LogP contribution in [0.25, 0.3) is 22.8 Å². The summed E-state index contributed by atoms with van der Waals surface area (Å²) in [6.45, 7) is 4.48. The third-order valence-electron chi connectivity index (χ3n) is 5.61. The first-order chi connectivity index (χ1) is 16.0. The van der Waals surface area contributed by atoms with Gasteiger partial charge in [0.05, 0.1) is 11.7 Å². The molecular weight excluding hydrogens is 420 g/mol. The van der Waals surface area contributed by atoms with Crippen molar-refractivity contribution in [1.29, 1.82) is 5.26 Å². The monoisotopic (exact) mass is 446 g/mol. The number of aliphatic carboxylic acids is 1. The SMILES string of the molecule is CC(C)Oc1ccc(-c2nc(-c3cccc4c3CC[C@H]4NCCCC(=O)O)no2)cc1C#N. The van der Waals surface area contributed by atoms with E-state index in [1.807, 2.05) is 32.0 Å². The van der Waals surface area contributed by atoms with E-state index < -0.39 is 5.97 Å². The van der Waals surface area contributed by atoms with Crippen molar-refractivity contribution in [3.8, 4) is 34.7 Å². The van der Waals surface area contributed by atoms with Gasteiger partial charge in [0.25, 0.3) is 5.89 Å². The zero-order valence-corrected chi connectivity index (χ0v) is 18.7. The maximum Gasteiger partial charge on any atom is 0.303 e. The number of aromatic nitrogens is 2. The summed E-state index contributed by atoms with van der Waals surface area (Å²) in [5, 5.41) is 26.0. The number of nitrogens with one attached hydrogen (secondary N) is 1. The lowest BCUT2D eigenvalue weighted by Gasteiger charge is -2.14. The highest BCUT2D eigenvalue weighted by molar-refractivity contribution is 5.67. The van der Waals surface area contributed by atoms with E-state index in [9.17, 15) is 10.1 Å². The van der Waals surface area contributed by atoms with Gasteiger partial charge in [-0.15, -0.1) is 0 Å². The Kier molecular flexibility index (Phi) is 6.71. The first-order valence-corrected chi connectivity index (χ1v) is 11.1. The molecule has 0 spiro atoms. The number of ether oxygens (including phenoxy) is 1. The Labute approximate surface area is 192 Å². The van der Waals surface area contributed by atoms with Crippen LogP contribution in [0.15, 0.2) is 40.9 Å². The molecule has 4 rings (SSSR count). The second-order valence-electron chi connectivity index (χ2n) is 8.33. The van der Waals surface area contributed by atoms with E-state index in [1.54, 1.807) is 12.1 Å². The summed E-state index contributed by atoms with van der Waals surface area (Å²) >= 11 is 0. The number of carbonyl (C=O) groups is 1. The fourth-order valence-electron chi connectivity index (χ4n) is 4.15. The van der Waals surface area contributed by atoms with Crippen LogP contribution in [-0.2, 0) is 11.2 Å². The smallest absolute Gasteiger partial charge is 0.303 e. The number of rotatable bonds is 9. The molecule has 1 atom stereocenters. The number of hydrogen-bond acceptors (Lipinski definition) is 7. The zero-order chi connectivity index (χ0) is 23.4. The minimum Gasteiger partial charge on any atom is -0.490 e. The van der Waals surface area contributed by atoms with Gasteiger partial charge in [-0.3, -0.25) is 4.79 Å². The topological polar surface area (TPSA) is 121 Å². The van der Waals surface area contributed by atoms with Crippen molar-refractivity contribution < 1.29 is 19.2 Å². The third-order valence-corrected chi connectivity index (χ3v) is 5.61. The van der Waals surface area contributed by atoms with Crippen molar-refractivity contribution in [3.63, 3.8) is 0 Å². The van der Waals surface area contributed by atoms with Crippen LogP contribution in [0.2, 0.25) is 0 Å². The van der Waals surface area contributed by atoms with Crippen LogP contribution in [0.5, 0.6) is 5.75 Å². The number of fused-ring (bicyclic) bond motifs is 1. The summed E-state index contributed by atoms with van der Waals surface area (Å²) in [5.41, 5.74) is 4.37. The normalized spacial score (nSPS) is 14.8. The van der Waals surface area contributed by atoms with Gasteiger partial charge in [-0.25, -0.2) is 0 Å². The highest BCUT2D eigenvalue weighted by Crippen LogP contribution is 2.37. The van der Waals surface area contributed by atoms with Gasteiger partial charge < -0.3 is 19.7 Å². The summed E-state index contributed by atoms with van der Waals surface area (Å²) in [6, 6.07) is 13.7. The third kappa shape index (κ3) is 5.04. The molecule has 3 aromatic rings. The van der Waals surface area contributed by atoms with Crippen LogP contribution >= 0.6 is 0 Å². The fraction of sp³-hybridized carbons (Fsp3) is 0.360. The maximum atomic E-state index is 10.7. The Morgan fingerprint density at radius 3 is 2.97 bits per heavy atom. The van der Waals surface area contributed by atoms with Crippen molar-refractivity contribution in [1.82, 2.24) is 15.5 Å². The van der Waals surface area contributed by atoms with E-state index in [-0.39, 0.29) is 18.6 Å². The number of benzene rings is 2. The van der Waals surface area contributed by atoms with Gasteiger partial charge >= 0.3 is 5.97 Å². The molecule has 0 saturated heterocycles. The second kappa shape index (κ2) is 9.84. The summed E-state index contributed by atoms with van der Waals surface area (Å²) in [5.74, 6) is 0.604. The lowest BCUT2D eigenvalue weighted by molar-refractivity contribution is -0.137. The average Bonchev–Trinajstić information content (AvgIpc) is 3.44. The van der Waals surface area contributed by atoms with E-state index in [4.69, 9.17) is 14.4 Å². The fourth-order valence-corrected chi connectivity index (χ4v) is 4.15. The lowest BCUT2D eigenvalue weighted by Crippen LogP contribution is -2.21. The van der Waals surface area contributed by atoms with Crippen molar-refractivity contribution in [2.75, 3.05) is 6.54 Å². The largest absolute Gasteiger partial charge is 0.490 e. The van der Waals surface area contributed by atoms with Gasteiger partial charge in [-0.05, 0) is 69.0 Å². The summed E-state index contributed by atoms with van der Waals surface area (Å²) in [6.07, 6.45) is 2.55. The molecule has 1 aliphatic rings. The van der Waals surface area contributed by atoms with Gasteiger partial charge in [-0.1, -0.05) is 23.4 Å². The number of hydrogen-bond donors (Lipinski definition) is 2. The predicted molar refractivity (Wildman–Crippen MR) is 122 cm³/mol. The summed E-state index contributed by atoms with van der Waals surface area (Å²) in [7, 11) is 0. The molecule has 1 aromatic heterocycles. The molecule has 8 nitrogen and oxygen atoms in total. The maximum absolute atomic E-state index is 10.7. The Hall–Kier alpha value is -3.70. The van der Waals surface area contributed by atoms with E-state index in [0.717, 1.165) is 18.4 Å². The molecule has 0 amide bonds. The van der Waals surface area contributed by atoms with Gasteiger partial charge in [-0.2, -0.15) is 10.2 Å². The molecule has 33 heavy (non-hydrogen) atoms. The van der Waals surface area contributed by atoms with Crippen LogP contribution in [0.1, 0.15) is 55.8 Å². The highest BCUT2D eigenvalue weighted by atomic mass is 16.5. The number of carboxylic acid groups (broad SMARTS) is 1. The molecule has 170 valence electrons. The highest BCUT2D eigenvalue weighted by Gasteiger charge is 2.26. The average molecular weight is 447 g/mol. The first kappa shape index (κ1) is 22.5. The van der Waals surface area contributed by atoms with Crippen LogP contribution in [0.4, 0.5) is 0 Å². The van der Waals surface area contributed by atoms with Crippen molar-refractivity contribution in [3.05, 3.63) is 53.1 Å². The Bertz CT molecular complexity index is 1200. The predicted octanol–water partition coefficient (Wildman–Crippen LogP) is 4.50. The number of carboxylic acids is 1. The van der Waals surface area contributed by atoms with E-state index in [2.05, 4.69) is 27.6 Å². The van der Waals surface area contributed by atoms with Gasteiger partial charge in [0.1, 0.15) is 11.8 Å². The number of nitriles is 1. The molecular formula is C25H26N4O4. The minimum absolute atomic E-state index is 0.0337. The molecule has 1 heterocycles. The standard InChI is InChI=1S/C25H26N4O4/c1-15(2)32-22-11-8-16(13-17(22)14-26)25-28-24(29-33-25)20-6-3-5-19-18(20)9-10-21(19)27-12-4-7-23(30)31/h3,5-6,8,11,13,15,21,27H,4,7,9-10,12H2,1-2H3,(H,30,31)/t21-/m1/s1. The van der Waals surface area contributed by atoms with Gasteiger partial charge in [0.2, 0.25) is 5.82 Å². The molecule has 0 saturated carbocycles. The minimum atomic E-state index is -0.775. The second-order valence-corrected chi connectivity index (χ2v) is 8.33. The molecule has 0 aliphatic heterocycles. The molecule has 0 bridgehead atoms. The number of nitrogens with zero attached hydrogens (tertiary/aromatic N) is 3. The first-order valence-electron chi connectivity index (χ1n) is 11.1. The Balaban J connectivity index is 1.54. The van der Waals surface area contributed by atoms with Crippen molar-refractivity contribution >= 4 is 5.97 Å². The van der Waals surface area contributed by atoms with Crippen LogP contribution < -0.4 is 10.1 Å². The zero-order valence-electron chi connectivity index (χ0n) is 18.7. The lowest BCUT2D eigenvalue weighted by atomic mass is 10.0. The van der Waals surface area contributed by atoms with Gasteiger partial charge in [0.15, 0.2) is 0 Å². The molecule has 0 unspecified atom stereocenters. The Morgan fingerprint density at radius 1 is 1.36 bits per heavy atom. The summed E-state index contributed by atoms with van der Waals surface area (Å²) in [4.78, 5) is 15.3. The summed E-state index contributed by atoms with van der Waals surface area (Å²) < 4.78 is 11.2. The molecule has 0 fully saturated rings. The molecule has 8 heteroatoms. The van der Waals surface area contributed by atoms with E-state index in [0.29, 0.717) is 41.6 Å². The molecule has 1 aliphatic carbocycles. The van der Waals surface area contributed by atoms with Crippen LogP contribution in [0, 0.1) is 11.3 Å². The van der Waals surface area contributed by atoms with Gasteiger partial charge in [0, 0.05) is 23.6 Å². The van der Waals surface area contributed by atoms with Crippen LogP contribution in [0.3, 0.4) is 0 Å². The molecule has 2 N–H and O–H groups in total.